The Balaban J connectivity index is 1.94. The van der Waals surface area contributed by atoms with Crippen LogP contribution in [0.2, 0.25) is 0 Å². The zero-order valence-electron chi connectivity index (χ0n) is 12.8. The van der Waals surface area contributed by atoms with Crippen molar-refractivity contribution in [1.29, 1.82) is 0 Å². The summed E-state index contributed by atoms with van der Waals surface area (Å²) in [6, 6.07) is 3.09. The van der Waals surface area contributed by atoms with Gasteiger partial charge in [-0.1, -0.05) is 6.07 Å². The second-order valence-electron chi connectivity index (χ2n) is 5.32. The number of urea groups is 1. The Hall–Kier alpha value is -1.51. The Morgan fingerprint density at radius 2 is 2.22 bits per heavy atom. The molecule has 1 atom stereocenters. The van der Waals surface area contributed by atoms with Crippen LogP contribution in [0.15, 0.2) is 28.8 Å². The van der Waals surface area contributed by atoms with Gasteiger partial charge in [0.25, 0.3) is 0 Å². The fraction of sp³-hybridized carbons (Fsp3) is 0.467. The summed E-state index contributed by atoms with van der Waals surface area (Å²) < 4.78 is 4.97. The van der Waals surface area contributed by atoms with Gasteiger partial charge in [-0.05, 0) is 11.4 Å². The normalized spacial score (nSPS) is 22.5. The van der Waals surface area contributed by atoms with E-state index < -0.39 is 12.0 Å². The van der Waals surface area contributed by atoms with Gasteiger partial charge in [0.1, 0.15) is 0 Å². The molecule has 6 nitrogen and oxygen atoms in total. The number of rotatable bonds is 4. The lowest BCUT2D eigenvalue weighted by molar-refractivity contribution is -0.136. The van der Waals surface area contributed by atoms with Crippen LogP contribution < -0.4 is 10.6 Å². The molecule has 3 rings (SSSR count). The predicted octanol–water partition coefficient (Wildman–Crippen LogP) is 1.58. The lowest BCUT2D eigenvalue weighted by Crippen LogP contribution is -2.49. The second kappa shape index (κ2) is 7.37. The molecule has 1 aromatic heterocycles. The molecule has 8 heteroatoms. The Labute approximate surface area is 143 Å². The average molecular weight is 353 g/mol. The summed E-state index contributed by atoms with van der Waals surface area (Å²) in [5.74, 6) is 1.74. The molecule has 0 saturated carbocycles. The molecule has 2 amide bonds. The molecule has 3 heterocycles. The minimum Gasteiger partial charge on any atom is -0.466 e. The largest absolute Gasteiger partial charge is 0.466 e. The van der Waals surface area contributed by atoms with E-state index in [4.69, 9.17) is 4.74 Å². The van der Waals surface area contributed by atoms with Gasteiger partial charge in [0.15, 0.2) is 0 Å². The van der Waals surface area contributed by atoms with Crippen LogP contribution in [0.25, 0.3) is 0 Å². The molecular formula is C15H19N3O3S2. The van der Waals surface area contributed by atoms with E-state index in [2.05, 4.69) is 15.5 Å². The quantitative estimate of drug-likeness (QED) is 0.804. The summed E-state index contributed by atoms with van der Waals surface area (Å²) in [7, 11) is 1.37. The van der Waals surface area contributed by atoms with Crippen molar-refractivity contribution in [3.63, 3.8) is 0 Å². The summed E-state index contributed by atoms with van der Waals surface area (Å²) in [4.78, 5) is 27.6. The van der Waals surface area contributed by atoms with Gasteiger partial charge in [-0.3, -0.25) is 4.90 Å². The van der Waals surface area contributed by atoms with Crippen LogP contribution in [0, 0.1) is 0 Å². The Morgan fingerprint density at radius 3 is 2.87 bits per heavy atom. The molecule has 1 aromatic rings. The summed E-state index contributed by atoms with van der Waals surface area (Å²) in [5.41, 5.74) is 1.14. The summed E-state index contributed by atoms with van der Waals surface area (Å²) >= 11 is 3.43. The molecule has 124 valence electrons. The molecule has 0 spiro atoms. The number of hydrogen-bond acceptors (Lipinski definition) is 6. The van der Waals surface area contributed by atoms with Crippen LogP contribution >= 0.6 is 23.1 Å². The molecule has 0 aromatic carbocycles. The van der Waals surface area contributed by atoms with Crippen molar-refractivity contribution in [2.45, 2.75) is 6.04 Å². The van der Waals surface area contributed by atoms with E-state index in [-0.39, 0.29) is 6.03 Å². The maximum atomic E-state index is 12.3. The van der Waals surface area contributed by atoms with Crippen molar-refractivity contribution in [3.8, 4) is 0 Å². The number of ether oxygens (including phenoxy) is 1. The maximum absolute atomic E-state index is 12.3. The Kier molecular flexibility index (Phi) is 5.24. The number of hydrogen-bond donors (Lipinski definition) is 2. The zero-order valence-corrected chi connectivity index (χ0v) is 14.5. The van der Waals surface area contributed by atoms with E-state index in [9.17, 15) is 9.59 Å². The highest BCUT2D eigenvalue weighted by Crippen LogP contribution is 2.30. The first-order chi connectivity index (χ1) is 11.2. The molecule has 2 aliphatic rings. The van der Waals surface area contributed by atoms with Gasteiger partial charge in [0.05, 0.1) is 18.7 Å². The van der Waals surface area contributed by atoms with Gasteiger partial charge in [-0.2, -0.15) is 11.8 Å². The Bertz CT molecular complexity index is 609. The van der Waals surface area contributed by atoms with Crippen molar-refractivity contribution in [1.82, 2.24) is 15.5 Å². The Morgan fingerprint density at radius 1 is 1.43 bits per heavy atom. The van der Waals surface area contributed by atoms with Crippen molar-refractivity contribution in [2.75, 3.05) is 38.2 Å². The molecular weight excluding hydrogens is 334 g/mol. The van der Waals surface area contributed by atoms with Crippen LogP contribution in [-0.2, 0) is 9.53 Å². The minimum absolute atomic E-state index is 0.280. The van der Waals surface area contributed by atoms with E-state index in [1.54, 1.807) is 0 Å². The van der Waals surface area contributed by atoms with Crippen molar-refractivity contribution in [3.05, 3.63) is 33.7 Å². The summed E-state index contributed by atoms with van der Waals surface area (Å²) in [6.45, 7) is 2.46. The number of methoxy groups -OCH3 is 1. The van der Waals surface area contributed by atoms with E-state index in [1.807, 2.05) is 29.3 Å². The summed E-state index contributed by atoms with van der Waals surface area (Å²) in [5, 5.41) is 7.57. The zero-order chi connectivity index (χ0) is 16.2. The van der Waals surface area contributed by atoms with Crippen molar-refractivity contribution < 1.29 is 14.3 Å². The number of nitrogens with zero attached hydrogens (tertiary/aromatic N) is 1. The minimum atomic E-state index is -0.453. The van der Waals surface area contributed by atoms with Crippen LogP contribution in [-0.4, -0.2) is 55.2 Å². The monoisotopic (exact) mass is 353 g/mol. The molecule has 23 heavy (non-hydrogen) atoms. The van der Waals surface area contributed by atoms with Gasteiger partial charge < -0.3 is 15.4 Å². The van der Waals surface area contributed by atoms with E-state index in [0.29, 0.717) is 17.8 Å². The molecule has 2 aliphatic heterocycles. The third-order valence-electron chi connectivity index (χ3n) is 3.87. The highest BCUT2D eigenvalue weighted by molar-refractivity contribution is 7.99. The van der Waals surface area contributed by atoms with Gasteiger partial charge in [0.2, 0.25) is 0 Å². The van der Waals surface area contributed by atoms with Crippen LogP contribution in [0.5, 0.6) is 0 Å². The highest BCUT2D eigenvalue weighted by Gasteiger charge is 2.34. The lowest BCUT2D eigenvalue weighted by Gasteiger charge is -2.32. The molecule has 0 aliphatic carbocycles. The fourth-order valence-corrected chi connectivity index (χ4v) is 4.51. The molecule has 1 fully saturated rings. The topological polar surface area (TPSA) is 70.7 Å². The van der Waals surface area contributed by atoms with Gasteiger partial charge in [-0.25, -0.2) is 9.59 Å². The maximum Gasteiger partial charge on any atom is 0.338 e. The average Bonchev–Trinajstić information content (AvgIpc) is 3.09. The number of thioether (sulfide) groups is 1. The molecule has 0 unspecified atom stereocenters. The third kappa shape index (κ3) is 3.70. The number of esters is 1. The third-order valence-corrected chi connectivity index (χ3v) is 5.75. The number of thiophene rings is 1. The first-order valence-corrected chi connectivity index (χ1v) is 9.45. The van der Waals surface area contributed by atoms with E-state index in [1.165, 1.54) is 18.4 Å². The molecule has 1 saturated heterocycles. The standard InChI is InChI=1S/C15H19N3O3S2/c1-21-14(19)12-10(9-18-4-7-22-8-5-18)16-15(20)17-13(12)11-3-2-6-23-11/h2-3,6,13H,4-5,7-9H2,1H3,(H2,16,17,20)/t13-/m0/s1. The number of amides is 2. The predicted molar refractivity (Wildman–Crippen MR) is 91.5 cm³/mol. The van der Waals surface area contributed by atoms with E-state index in [0.717, 1.165) is 29.5 Å². The second-order valence-corrected chi connectivity index (χ2v) is 7.52. The molecule has 0 bridgehead atoms. The van der Waals surface area contributed by atoms with Crippen LogP contribution in [0.1, 0.15) is 10.9 Å². The smallest absolute Gasteiger partial charge is 0.338 e. The van der Waals surface area contributed by atoms with Crippen LogP contribution in [0.4, 0.5) is 4.79 Å². The first-order valence-electron chi connectivity index (χ1n) is 7.41. The van der Waals surface area contributed by atoms with Crippen LogP contribution in [0.3, 0.4) is 0 Å². The van der Waals surface area contributed by atoms with Crippen molar-refractivity contribution in [2.24, 2.45) is 0 Å². The first kappa shape index (κ1) is 16.4. The van der Waals surface area contributed by atoms with E-state index >= 15 is 0 Å². The number of carbonyl (C=O) groups is 2. The fourth-order valence-electron chi connectivity index (χ4n) is 2.75. The van der Waals surface area contributed by atoms with Gasteiger partial charge in [0, 0.05) is 41.7 Å². The number of nitrogens with one attached hydrogen (secondary N) is 2. The molecule has 2 N–H and O–H groups in total. The van der Waals surface area contributed by atoms with Crippen molar-refractivity contribution >= 4 is 35.1 Å². The molecule has 0 radical (unpaired) electrons. The lowest BCUT2D eigenvalue weighted by atomic mass is 10.0. The number of carbonyl (C=O) groups excluding carboxylic acids is 2. The van der Waals surface area contributed by atoms with Gasteiger partial charge in [-0.15, -0.1) is 11.3 Å². The van der Waals surface area contributed by atoms with Gasteiger partial charge >= 0.3 is 12.0 Å². The SMILES string of the molecule is COC(=O)C1=C(CN2CCSCC2)NC(=O)N[C@H]1c1cccs1. The highest BCUT2D eigenvalue weighted by atomic mass is 32.2. The summed E-state index contributed by atoms with van der Waals surface area (Å²) in [6.07, 6.45) is 0.